The van der Waals surface area contributed by atoms with Crippen molar-refractivity contribution in [3.63, 3.8) is 0 Å². The van der Waals surface area contributed by atoms with E-state index in [1.165, 1.54) is 4.90 Å². The molecule has 2 amide bonds. The van der Waals surface area contributed by atoms with Crippen molar-refractivity contribution in [2.75, 3.05) is 19.7 Å². The zero-order valence-corrected chi connectivity index (χ0v) is 24.2. The molecule has 2 heterocycles. The van der Waals surface area contributed by atoms with Crippen LogP contribution in [0.15, 0.2) is 0 Å². The summed E-state index contributed by atoms with van der Waals surface area (Å²) in [5.41, 5.74) is 4.16. The second-order valence-electron chi connectivity index (χ2n) is 12.4. The standard InChI is InChI=1S/C25H47N3O6Si/c1-23(2,3)12-9-10-15-32-21(30)25(13-11-14-28(25)34-35(7)8)18-16-19(20(26)29)27(17-18)22(31)33-24(4,5)6/h18-19,35H,9-17H2,1-8H3,(H2,26,29). The van der Waals surface area contributed by atoms with Crippen LogP contribution in [-0.4, -0.2) is 73.9 Å². The van der Waals surface area contributed by atoms with E-state index < -0.39 is 38.2 Å². The molecule has 2 aliphatic rings. The summed E-state index contributed by atoms with van der Waals surface area (Å²) in [4.78, 5) is 40.3. The monoisotopic (exact) mass is 513 g/mol. The first-order valence-electron chi connectivity index (χ1n) is 13.0. The normalized spacial score (nSPS) is 25.8. The average molecular weight is 514 g/mol. The van der Waals surface area contributed by atoms with Gasteiger partial charge in [0.15, 0.2) is 9.04 Å². The Bertz CT molecular complexity index is 763. The molecule has 2 fully saturated rings. The van der Waals surface area contributed by atoms with E-state index >= 15 is 0 Å². The van der Waals surface area contributed by atoms with Crippen molar-refractivity contribution in [2.24, 2.45) is 17.1 Å². The Balaban J connectivity index is 2.25. The van der Waals surface area contributed by atoms with Gasteiger partial charge in [-0.3, -0.25) is 9.69 Å². The van der Waals surface area contributed by atoms with E-state index in [0.29, 0.717) is 19.6 Å². The number of hydrogen-bond donors (Lipinski definition) is 1. The maximum absolute atomic E-state index is 13.7. The van der Waals surface area contributed by atoms with Crippen molar-refractivity contribution in [2.45, 2.75) is 110 Å². The molecule has 0 aromatic carbocycles. The maximum Gasteiger partial charge on any atom is 0.410 e. The Morgan fingerprint density at radius 1 is 1.09 bits per heavy atom. The van der Waals surface area contributed by atoms with Gasteiger partial charge in [0, 0.05) is 19.0 Å². The predicted octanol–water partition coefficient (Wildman–Crippen LogP) is 3.61. The van der Waals surface area contributed by atoms with Gasteiger partial charge in [0.05, 0.1) is 6.61 Å². The molecule has 3 unspecified atom stereocenters. The molecule has 0 saturated carbocycles. The summed E-state index contributed by atoms with van der Waals surface area (Å²) in [5, 5.41) is 1.79. The van der Waals surface area contributed by atoms with Crippen LogP contribution in [0.25, 0.3) is 0 Å². The largest absolute Gasteiger partial charge is 0.464 e. The summed E-state index contributed by atoms with van der Waals surface area (Å²) < 4.78 is 17.6. The number of hydroxylamine groups is 2. The number of likely N-dealkylation sites (tertiary alicyclic amines) is 1. The lowest BCUT2D eigenvalue weighted by atomic mass is 9.80. The molecular weight excluding hydrogens is 466 g/mol. The molecule has 0 spiro atoms. The van der Waals surface area contributed by atoms with Gasteiger partial charge in [-0.2, -0.15) is 5.06 Å². The van der Waals surface area contributed by atoms with E-state index in [4.69, 9.17) is 19.7 Å². The topological polar surface area (TPSA) is 111 Å². The smallest absolute Gasteiger partial charge is 0.410 e. The van der Waals surface area contributed by atoms with Gasteiger partial charge in [-0.1, -0.05) is 20.8 Å². The van der Waals surface area contributed by atoms with E-state index in [2.05, 4.69) is 33.9 Å². The lowest BCUT2D eigenvalue weighted by Crippen LogP contribution is -2.58. The Morgan fingerprint density at radius 3 is 2.29 bits per heavy atom. The number of primary amides is 1. The summed E-state index contributed by atoms with van der Waals surface area (Å²) in [5.74, 6) is -1.29. The first-order valence-corrected chi connectivity index (χ1v) is 15.8. The van der Waals surface area contributed by atoms with Gasteiger partial charge in [0.25, 0.3) is 0 Å². The molecule has 3 atom stereocenters. The van der Waals surface area contributed by atoms with E-state index in [0.717, 1.165) is 25.7 Å². The molecule has 2 rings (SSSR count). The molecule has 10 heteroatoms. The SMILES string of the molecule is C[SiH](C)ON1CCCC1(C(=O)OCCCCC(C)(C)C)C1CC(C(N)=O)N(C(=O)OC(C)(C)C)C1. The molecule has 0 aromatic heterocycles. The number of nitrogens with two attached hydrogens (primary N) is 1. The van der Waals surface area contributed by atoms with Crippen LogP contribution in [0.4, 0.5) is 4.79 Å². The lowest BCUT2D eigenvalue weighted by molar-refractivity contribution is -0.190. The fraction of sp³-hybridized carbons (Fsp3) is 0.880. The van der Waals surface area contributed by atoms with Crippen molar-refractivity contribution >= 4 is 27.0 Å². The lowest BCUT2D eigenvalue weighted by Gasteiger charge is -2.40. The van der Waals surface area contributed by atoms with E-state index in [9.17, 15) is 14.4 Å². The molecule has 0 aliphatic carbocycles. The van der Waals surface area contributed by atoms with Gasteiger partial charge in [-0.25, -0.2) is 9.59 Å². The zero-order valence-electron chi connectivity index (χ0n) is 23.0. The molecule has 0 aromatic rings. The van der Waals surface area contributed by atoms with Gasteiger partial charge in [0.1, 0.15) is 17.2 Å². The third-order valence-corrected chi connectivity index (χ3v) is 7.22. The van der Waals surface area contributed by atoms with Gasteiger partial charge in [-0.15, -0.1) is 0 Å². The number of amides is 2. The summed E-state index contributed by atoms with van der Waals surface area (Å²) in [7, 11) is -1.53. The van der Waals surface area contributed by atoms with E-state index in [1.807, 2.05) is 0 Å². The number of ether oxygens (including phenoxy) is 2. The third-order valence-electron chi connectivity index (χ3n) is 6.54. The van der Waals surface area contributed by atoms with Crippen LogP contribution in [-0.2, 0) is 23.6 Å². The van der Waals surface area contributed by atoms with Crippen LogP contribution in [0.3, 0.4) is 0 Å². The molecular formula is C25H47N3O6Si. The highest BCUT2D eigenvalue weighted by Gasteiger charge is 2.59. The van der Waals surface area contributed by atoms with E-state index in [1.54, 1.807) is 25.8 Å². The first kappa shape index (κ1) is 29.6. The van der Waals surface area contributed by atoms with Crippen molar-refractivity contribution in [3.05, 3.63) is 0 Å². The highest BCUT2D eigenvalue weighted by Crippen LogP contribution is 2.44. The Labute approximate surface area is 212 Å². The van der Waals surface area contributed by atoms with Gasteiger partial charge in [0.2, 0.25) is 5.91 Å². The number of hydrogen-bond acceptors (Lipinski definition) is 7. The van der Waals surface area contributed by atoms with Crippen LogP contribution in [0.1, 0.15) is 80.1 Å². The van der Waals surface area contributed by atoms with Crippen LogP contribution in [0, 0.1) is 11.3 Å². The average Bonchev–Trinajstić information content (AvgIpc) is 3.30. The number of rotatable bonds is 9. The Kier molecular flexibility index (Phi) is 9.80. The van der Waals surface area contributed by atoms with Crippen LogP contribution in [0.2, 0.25) is 13.1 Å². The first-order chi connectivity index (χ1) is 16.1. The Morgan fingerprint density at radius 2 is 1.74 bits per heavy atom. The quantitative estimate of drug-likeness (QED) is 0.285. The van der Waals surface area contributed by atoms with Gasteiger partial charge < -0.3 is 19.7 Å². The summed E-state index contributed by atoms with van der Waals surface area (Å²) in [6.45, 7) is 17.1. The fourth-order valence-electron chi connectivity index (χ4n) is 5.02. The van der Waals surface area contributed by atoms with E-state index in [-0.39, 0.29) is 30.3 Å². The fourth-order valence-corrected chi connectivity index (χ4v) is 5.82. The Hall–Kier alpha value is -1.65. The molecule has 9 nitrogen and oxygen atoms in total. The highest BCUT2D eigenvalue weighted by atomic mass is 28.3. The highest BCUT2D eigenvalue weighted by molar-refractivity contribution is 6.48. The maximum atomic E-state index is 13.7. The molecule has 2 aliphatic heterocycles. The van der Waals surface area contributed by atoms with Crippen molar-refractivity contribution in [1.29, 1.82) is 0 Å². The van der Waals surface area contributed by atoms with Crippen molar-refractivity contribution < 1.29 is 28.4 Å². The number of carbonyl (C=O) groups excluding carboxylic acids is 3. The number of unbranched alkanes of at least 4 members (excludes halogenated alkanes) is 1. The predicted molar refractivity (Wildman–Crippen MR) is 137 cm³/mol. The molecule has 0 radical (unpaired) electrons. The van der Waals surface area contributed by atoms with Gasteiger partial charge in [-0.05, 0) is 77.8 Å². The van der Waals surface area contributed by atoms with Crippen LogP contribution in [0.5, 0.6) is 0 Å². The van der Waals surface area contributed by atoms with Crippen LogP contribution < -0.4 is 5.73 Å². The summed E-state index contributed by atoms with van der Waals surface area (Å²) >= 11 is 0. The molecule has 202 valence electrons. The van der Waals surface area contributed by atoms with Crippen molar-refractivity contribution in [1.82, 2.24) is 9.96 Å². The number of esters is 1. The summed E-state index contributed by atoms with van der Waals surface area (Å²) in [6, 6.07) is -0.843. The minimum Gasteiger partial charge on any atom is -0.464 e. The van der Waals surface area contributed by atoms with Crippen molar-refractivity contribution in [3.8, 4) is 0 Å². The molecule has 35 heavy (non-hydrogen) atoms. The summed E-state index contributed by atoms with van der Waals surface area (Å²) in [6.07, 6.45) is 3.81. The minimum atomic E-state index is -1.53. The second kappa shape index (κ2) is 11.6. The molecule has 2 N–H and O–H groups in total. The third kappa shape index (κ3) is 7.92. The molecule has 2 saturated heterocycles. The number of carbonyl (C=O) groups is 3. The zero-order chi connectivity index (χ0) is 26.6. The number of nitrogens with zero attached hydrogens (tertiary/aromatic N) is 2. The second-order valence-corrected chi connectivity index (χ2v) is 14.7. The van der Waals surface area contributed by atoms with Crippen LogP contribution >= 0.6 is 0 Å². The van der Waals surface area contributed by atoms with Gasteiger partial charge >= 0.3 is 12.1 Å². The minimum absolute atomic E-state index is 0.182. The molecule has 0 bridgehead atoms.